The van der Waals surface area contributed by atoms with Crippen LogP contribution in [0.25, 0.3) is 11.0 Å². The third kappa shape index (κ3) is 3.08. The molecule has 25 heavy (non-hydrogen) atoms. The molecule has 1 N–H and O–H groups in total. The molecule has 3 aromatic rings. The van der Waals surface area contributed by atoms with Gasteiger partial charge in [-0.05, 0) is 36.8 Å². The van der Waals surface area contributed by atoms with Crippen molar-refractivity contribution >= 4 is 17.0 Å². The van der Waals surface area contributed by atoms with Crippen LogP contribution in [0.2, 0.25) is 0 Å². The van der Waals surface area contributed by atoms with Crippen molar-refractivity contribution in [2.24, 2.45) is 0 Å². The Morgan fingerprint density at radius 2 is 2.00 bits per heavy atom. The number of nitrogens with zero attached hydrogens (tertiary/aromatic N) is 2. The number of hydrogen-bond donors (Lipinski definition) is 1. The number of rotatable bonds is 4. The molecular weight excluding hydrogens is 327 g/mol. The van der Waals surface area contributed by atoms with Gasteiger partial charge in [-0.1, -0.05) is 12.1 Å². The minimum absolute atomic E-state index is 0.0654. The van der Waals surface area contributed by atoms with Gasteiger partial charge >= 0.3 is 5.97 Å². The Bertz CT molecular complexity index is 996. The maximum Gasteiger partial charge on any atom is 0.347 e. The van der Waals surface area contributed by atoms with Crippen LogP contribution in [0.4, 0.5) is 4.39 Å². The number of benzene rings is 1. The number of ether oxygens (including phenoxy) is 1. The zero-order valence-electron chi connectivity index (χ0n) is 13.4. The number of esters is 1. The summed E-state index contributed by atoms with van der Waals surface area (Å²) < 4.78 is 19.3. The van der Waals surface area contributed by atoms with E-state index in [0.717, 1.165) is 0 Å². The first-order valence-electron chi connectivity index (χ1n) is 7.65. The summed E-state index contributed by atoms with van der Waals surface area (Å²) in [5, 5.41) is 10.3. The van der Waals surface area contributed by atoms with E-state index in [-0.39, 0.29) is 24.5 Å². The molecule has 128 valence electrons. The highest BCUT2D eigenvalue weighted by molar-refractivity contribution is 5.98. The fourth-order valence-electron chi connectivity index (χ4n) is 2.58. The summed E-state index contributed by atoms with van der Waals surface area (Å²) in [6, 6.07) is 8.89. The lowest BCUT2D eigenvalue weighted by atomic mass is 10.1. The molecule has 0 aliphatic heterocycles. The van der Waals surface area contributed by atoms with Crippen molar-refractivity contribution in [2.45, 2.75) is 13.5 Å². The lowest BCUT2D eigenvalue weighted by Gasteiger charge is -2.14. The van der Waals surface area contributed by atoms with E-state index in [9.17, 15) is 19.1 Å². The van der Waals surface area contributed by atoms with Crippen LogP contribution in [0.15, 0.2) is 47.4 Å². The molecule has 0 aliphatic rings. The molecule has 0 amide bonds. The van der Waals surface area contributed by atoms with E-state index in [4.69, 9.17) is 4.74 Å². The van der Waals surface area contributed by atoms with Crippen molar-refractivity contribution in [1.29, 1.82) is 0 Å². The van der Waals surface area contributed by atoms with Gasteiger partial charge in [0.2, 0.25) is 0 Å². The van der Waals surface area contributed by atoms with E-state index in [1.165, 1.54) is 22.9 Å². The molecular formula is C18H15FN2O4. The first kappa shape index (κ1) is 16.6. The predicted molar refractivity (Wildman–Crippen MR) is 89.1 cm³/mol. The molecule has 0 atom stereocenters. The Balaban J connectivity index is 2.24. The largest absolute Gasteiger partial charge is 0.505 e. The third-order valence-electron chi connectivity index (χ3n) is 3.73. The zero-order valence-corrected chi connectivity index (χ0v) is 13.4. The molecule has 6 nitrogen and oxygen atoms in total. The summed E-state index contributed by atoms with van der Waals surface area (Å²) >= 11 is 0. The molecule has 2 aromatic heterocycles. The molecule has 0 unspecified atom stereocenters. The number of hydrogen-bond acceptors (Lipinski definition) is 5. The fourth-order valence-corrected chi connectivity index (χ4v) is 2.58. The normalized spacial score (nSPS) is 10.8. The highest BCUT2D eigenvalue weighted by Crippen LogP contribution is 2.25. The van der Waals surface area contributed by atoms with Crippen LogP contribution < -0.4 is 5.56 Å². The van der Waals surface area contributed by atoms with Gasteiger partial charge in [0.25, 0.3) is 5.56 Å². The second-order valence-corrected chi connectivity index (χ2v) is 5.33. The third-order valence-corrected chi connectivity index (χ3v) is 3.73. The average molecular weight is 342 g/mol. The summed E-state index contributed by atoms with van der Waals surface area (Å²) in [6.45, 7) is 1.76. The van der Waals surface area contributed by atoms with Crippen LogP contribution >= 0.6 is 0 Å². The lowest BCUT2D eigenvalue weighted by Crippen LogP contribution is -2.28. The maximum atomic E-state index is 13.1. The van der Waals surface area contributed by atoms with Gasteiger partial charge in [-0.3, -0.25) is 9.78 Å². The molecule has 7 heteroatoms. The van der Waals surface area contributed by atoms with Crippen molar-refractivity contribution in [3.8, 4) is 5.75 Å². The molecule has 3 rings (SSSR count). The van der Waals surface area contributed by atoms with Crippen LogP contribution in [0, 0.1) is 5.82 Å². The van der Waals surface area contributed by atoms with Gasteiger partial charge in [0.1, 0.15) is 11.3 Å². The van der Waals surface area contributed by atoms with Gasteiger partial charge in [0, 0.05) is 6.20 Å². The molecule has 0 spiro atoms. The van der Waals surface area contributed by atoms with E-state index in [1.807, 2.05) is 0 Å². The SMILES string of the molecule is CCOC(=O)c1c(O)c2ncccc2n(Cc2ccc(F)cc2)c1=O. The highest BCUT2D eigenvalue weighted by atomic mass is 19.1. The van der Waals surface area contributed by atoms with Crippen LogP contribution in [-0.2, 0) is 11.3 Å². The number of carbonyl (C=O) groups excluding carboxylic acids is 1. The summed E-state index contributed by atoms with van der Waals surface area (Å²) in [7, 11) is 0. The predicted octanol–water partition coefficient (Wildman–Crippen LogP) is 2.47. The van der Waals surface area contributed by atoms with Gasteiger partial charge in [-0.15, -0.1) is 0 Å². The van der Waals surface area contributed by atoms with Gasteiger partial charge in [-0.25, -0.2) is 9.18 Å². The molecule has 0 saturated heterocycles. The number of halogens is 1. The smallest absolute Gasteiger partial charge is 0.347 e. The minimum atomic E-state index is -0.912. The standard InChI is InChI=1S/C18H15FN2O4/c1-2-25-18(24)14-16(22)15-13(4-3-9-20-15)21(17(14)23)10-11-5-7-12(19)8-6-11/h3-9,22H,2,10H2,1H3. The number of pyridine rings is 2. The fraction of sp³-hybridized carbons (Fsp3) is 0.167. The van der Waals surface area contributed by atoms with E-state index in [1.54, 1.807) is 31.2 Å². The second-order valence-electron chi connectivity index (χ2n) is 5.33. The molecule has 0 fully saturated rings. The van der Waals surface area contributed by atoms with Crippen molar-refractivity contribution < 1.29 is 19.0 Å². The van der Waals surface area contributed by atoms with E-state index in [0.29, 0.717) is 11.1 Å². The van der Waals surface area contributed by atoms with Gasteiger partial charge in [-0.2, -0.15) is 0 Å². The molecule has 0 bridgehead atoms. The van der Waals surface area contributed by atoms with Crippen LogP contribution in [0.5, 0.6) is 5.75 Å². The Hall–Kier alpha value is -3.22. The molecule has 1 aromatic carbocycles. The van der Waals surface area contributed by atoms with Gasteiger partial charge in [0.05, 0.1) is 18.7 Å². The summed E-state index contributed by atoms with van der Waals surface area (Å²) in [5.41, 5.74) is -0.0141. The Labute approximate surface area is 142 Å². The maximum absolute atomic E-state index is 13.1. The molecule has 0 radical (unpaired) electrons. The minimum Gasteiger partial charge on any atom is -0.505 e. The lowest BCUT2D eigenvalue weighted by molar-refractivity contribution is 0.0520. The summed E-state index contributed by atoms with van der Waals surface area (Å²) in [5.74, 6) is -1.81. The number of aromatic nitrogens is 2. The Morgan fingerprint density at radius 3 is 2.68 bits per heavy atom. The first-order valence-corrected chi connectivity index (χ1v) is 7.65. The van der Waals surface area contributed by atoms with Crippen LogP contribution in [0.1, 0.15) is 22.8 Å². The molecule has 0 aliphatic carbocycles. The van der Waals surface area contributed by atoms with Crippen molar-refractivity contribution in [1.82, 2.24) is 9.55 Å². The van der Waals surface area contributed by atoms with E-state index < -0.39 is 22.8 Å². The number of fused-ring (bicyclic) bond motifs is 1. The van der Waals surface area contributed by atoms with E-state index >= 15 is 0 Å². The average Bonchev–Trinajstić information content (AvgIpc) is 2.60. The highest BCUT2D eigenvalue weighted by Gasteiger charge is 2.24. The van der Waals surface area contributed by atoms with E-state index in [2.05, 4.69) is 4.98 Å². The number of aromatic hydroxyl groups is 1. The molecule has 2 heterocycles. The quantitative estimate of drug-likeness (QED) is 0.737. The van der Waals surface area contributed by atoms with Gasteiger partial charge < -0.3 is 14.4 Å². The topological polar surface area (TPSA) is 81.4 Å². The summed E-state index contributed by atoms with van der Waals surface area (Å²) in [6.07, 6.45) is 1.45. The summed E-state index contributed by atoms with van der Waals surface area (Å²) in [4.78, 5) is 29.0. The zero-order chi connectivity index (χ0) is 18.0. The second kappa shape index (κ2) is 6.72. The van der Waals surface area contributed by atoms with Crippen LogP contribution in [-0.4, -0.2) is 27.2 Å². The Morgan fingerprint density at radius 1 is 1.28 bits per heavy atom. The first-order chi connectivity index (χ1) is 12.0. The van der Waals surface area contributed by atoms with Gasteiger partial charge in [0.15, 0.2) is 11.3 Å². The number of carbonyl (C=O) groups is 1. The molecule has 0 saturated carbocycles. The van der Waals surface area contributed by atoms with Crippen molar-refractivity contribution in [3.63, 3.8) is 0 Å². The van der Waals surface area contributed by atoms with Crippen molar-refractivity contribution in [2.75, 3.05) is 6.61 Å². The van der Waals surface area contributed by atoms with Crippen molar-refractivity contribution in [3.05, 3.63) is 69.9 Å². The Kier molecular flexibility index (Phi) is 4.47. The monoisotopic (exact) mass is 342 g/mol. The van der Waals surface area contributed by atoms with Crippen LogP contribution in [0.3, 0.4) is 0 Å².